The zero-order chi connectivity index (χ0) is 13.1. The van der Waals surface area contributed by atoms with Crippen LogP contribution in [0.1, 0.15) is 46.5 Å². The minimum atomic E-state index is -1.02. The number of unbranched alkanes of at least 4 members (excludes halogenated alkanes) is 2. The molecule has 0 aromatic carbocycles. The molecule has 98 valence electrons. The van der Waals surface area contributed by atoms with Crippen molar-refractivity contribution in [1.82, 2.24) is 4.90 Å². The van der Waals surface area contributed by atoms with Gasteiger partial charge in [-0.25, -0.2) is 4.79 Å². The number of nitrogens with zero attached hydrogens (tertiary/aromatic N) is 1. The van der Waals surface area contributed by atoms with E-state index in [2.05, 4.69) is 6.92 Å². The van der Waals surface area contributed by atoms with Crippen LogP contribution < -0.4 is 0 Å². The van der Waals surface area contributed by atoms with Crippen LogP contribution in [0.25, 0.3) is 0 Å². The van der Waals surface area contributed by atoms with Crippen molar-refractivity contribution >= 4 is 41.9 Å². The van der Waals surface area contributed by atoms with Gasteiger partial charge in [0.25, 0.3) is 0 Å². The standard InChI is InChI=1S/C13H21NO3.Na.H/c1-4-5-6-7-10(12(16)17)14(9-15)11-8-13(11,2)3;;/h7,9,11H,4-6,8H2,1-3H3,(H,16,17);;. The van der Waals surface area contributed by atoms with E-state index in [9.17, 15) is 9.59 Å². The van der Waals surface area contributed by atoms with Crippen LogP contribution in [-0.2, 0) is 9.59 Å². The summed E-state index contributed by atoms with van der Waals surface area (Å²) in [6.45, 7) is 6.13. The van der Waals surface area contributed by atoms with E-state index in [-0.39, 0.29) is 46.7 Å². The van der Waals surface area contributed by atoms with Crippen molar-refractivity contribution in [1.29, 1.82) is 0 Å². The number of allylic oxidation sites excluding steroid dienone is 1. The minimum absolute atomic E-state index is 0. The fraction of sp³-hybridized carbons (Fsp3) is 0.692. The molecule has 1 N–H and O–H groups in total. The van der Waals surface area contributed by atoms with Gasteiger partial charge < -0.3 is 10.0 Å². The van der Waals surface area contributed by atoms with Crippen LogP contribution in [0, 0.1) is 5.41 Å². The van der Waals surface area contributed by atoms with Crippen LogP contribution in [0.15, 0.2) is 11.8 Å². The molecule has 0 heterocycles. The number of carbonyl (C=O) groups excluding carboxylic acids is 1. The summed E-state index contributed by atoms with van der Waals surface area (Å²) in [5.74, 6) is -1.02. The van der Waals surface area contributed by atoms with Gasteiger partial charge in [0, 0.05) is 6.04 Å². The molecule has 0 radical (unpaired) electrons. The zero-order valence-electron chi connectivity index (χ0n) is 10.8. The molecule has 0 saturated heterocycles. The van der Waals surface area contributed by atoms with Crippen molar-refractivity contribution in [2.24, 2.45) is 5.41 Å². The first-order valence-electron chi connectivity index (χ1n) is 6.11. The Labute approximate surface area is 131 Å². The normalized spacial score (nSPS) is 20.8. The molecule has 0 aromatic heterocycles. The molecule has 1 fully saturated rings. The summed E-state index contributed by atoms with van der Waals surface area (Å²) in [7, 11) is 0. The molecule has 1 unspecified atom stereocenters. The summed E-state index contributed by atoms with van der Waals surface area (Å²) in [5.41, 5.74) is 0.171. The van der Waals surface area contributed by atoms with Crippen molar-refractivity contribution in [2.75, 3.05) is 0 Å². The van der Waals surface area contributed by atoms with Gasteiger partial charge in [-0.05, 0) is 24.7 Å². The van der Waals surface area contributed by atoms with Crippen LogP contribution in [0.2, 0.25) is 0 Å². The molecule has 4 nitrogen and oxygen atoms in total. The van der Waals surface area contributed by atoms with Gasteiger partial charge in [0.05, 0.1) is 0 Å². The molecule has 0 spiro atoms. The first kappa shape index (κ1) is 17.7. The van der Waals surface area contributed by atoms with E-state index in [1.165, 1.54) is 4.90 Å². The predicted molar refractivity (Wildman–Crippen MR) is 72.5 cm³/mol. The monoisotopic (exact) mass is 263 g/mol. The number of aliphatic carboxylic acids is 1. The van der Waals surface area contributed by atoms with Crippen molar-refractivity contribution < 1.29 is 14.7 Å². The Balaban J connectivity index is 0.00000289. The molecule has 1 atom stereocenters. The number of amides is 1. The van der Waals surface area contributed by atoms with Gasteiger partial charge in [0.15, 0.2) is 0 Å². The molecule has 18 heavy (non-hydrogen) atoms. The van der Waals surface area contributed by atoms with Gasteiger partial charge in [0.1, 0.15) is 5.70 Å². The first-order chi connectivity index (χ1) is 7.94. The number of rotatable bonds is 7. The second-order valence-electron chi connectivity index (χ2n) is 5.26. The second-order valence-corrected chi connectivity index (χ2v) is 5.26. The van der Waals surface area contributed by atoms with Crippen molar-refractivity contribution in [2.45, 2.75) is 52.5 Å². The van der Waals surface area contributed by atoms with Gasteiger partial charge in [-0.1, -0.05) is 33.3 Å². The quantitative estimate of drug-likeness (QED) is 0.329. The van der Waals surface area contributed by atoms with Crippen LogP contribution in [0.5, 0.6) is 0 Å². The van der Waals surface area contributed by atoms with E-state index in [1.807, 2.05) is 13.8 Å². The van der Waals surface area contributed by atoms with Gasteiger partial charge in [0.2, 0.25) is 6.41 Å². The molecule has 0 bridgehead atoms. The Morgan fingerprint density at radius 2 is 2.06 bits per heavy atom. The van der Waals surface area contributed by atoms with Gasteiger partial charge in [-0.3, -0.25) is 4.79 Å². The number of carboxylic acid groups (broad SMARTS) is 1. The Hall–Kier alpha value is -0.320. The first-order valence-corrected chi connectivity index (χ1v) is 6.11. The maximum atomic E-state index is 11.2. The predicted octanol–water partition coefficient (Wildman–Crippen LogP) is 1.75. The Kier molecular flexibility index (Phi) is 7.18. The fourth-order valence-corrected chi connectivity index (χ4v) is 1.96. The Morgan fingerprint density at radius 1 is 1.50 bits per heavy atom. The average Bonchev–Trinajstić information content (AvgIpc) is 2.86. The number of hydrogen-bond acceptors (Lipinski definition) is 2. The third-order valence-corrected chi connectivity index (χ3v) is 3.30. The van der Waals surface area contributed by atoms with Crippen LogP contribution in [-0.4, -0.2) is 58.0 Å². The van der Waals surface area contributed by atoms with E-state index in [1.54, 1.807) is 6.08 Å². The molecular weight excluding hydrogens is 241 g/mol. The van der Waals surface area contributed by atoms with Crippen molar-refractivity contribution in [3.63, 3.8) is 0 Å². The van der Waals surface area contributed by atoms with Crippen molar-refractivity contribution in [3.05, 3.63) is 11.8 Å². The van der Waals surface area contributed by atoms with E-state index in [4.69, 9.17) is 5.11 Å². The van der Waals surface area contributed by atoms with Crippen LogP contribution in [0.3, 0.4) is 0 Å². The van der Waals surface area contributed by atoms with Gasteiger partial charge >= 0.3 is 35.5 Å². The summed E-state index contributed by atoms with van der Waals surface area (Å²) < 4.78 is 0. The van der Waals surface area contributed by atoms with E-state index in [0.717, 1.165) is 19.3 Å². The number of carbonyl (C=O) groups is 2. The summed E-state index contributed by atoms with van der Waals surface area (Å²) in [6.07, 6.45) is 5.83. The SMILES string of the molecule is CCCCC=C(C(=O)O)N(C=O)C1CC1(C)C.[NaH]. The number of carboxylic acids is 1. The molecule has 5 heteroatoms. The zero-order valence-corrected chi connectivity index (χ0v) is 10.8. The molecular formula is C13H22NNaO3. The molecule has 1 amide bonds. The Bertz CT molecular complexity index is 339. The summed E-state index contributed by atoms with van der Waals surface area (Å²) in [6, 6.07) is 0.0315. The molecule has 0 aromatic rings. The summed E-state index contributed by atoms with van der Waals surface area (Å²) >= 11 is 0. The topological polar surface area (TPSA) is 57.6 Å². The second kappa shape index (κ2) is 7.31. The molecule has 1 aliphatic rings. The van der Waals surface area contributed by atoms with E-state index < -0.39 is 5.97 Å². The number of hydrogen-bond donors (Lipinski definition) is 1. The van der Waals surface area contributed by atoms with Crippen molar-refractivity contribution in [3.8, 4) is 0 Å². The van der Waals surface area contributed by atoms with Gasteiger partial charge in [-0.15, -0.1) is 0 Å². The van der Waals surface area contributed by atoms with Crippen LogP contribution in [0.4, 0.5) is 0 Å². The summed E-state index contributed by atoms with van der Waals surface area (Å²) in [4.78, 5) is 23.6. The third-order valence-electron chi connectivity index (χ3n) is 3.30. The Morgan fingerprint density at radius 3 is 2.39 bits per heavy atom. The maximum absolute atomic E-state index is 11.2. The molecule has 1 aliphatic carbocycles. The van der Waals surface area contributed by atoms with E-state index in [0.29, 0.717) is 12.8 Å². The summed E-state index contributed by atoms with van der Waals surface area (Å²) in [5, 5.41) is 9.15. The van der Waals surface area contributed by atoms with Gasteiger partial charge in [-0.2, -0.15) is 0 Å². The molecule has 0 aliphatic heterocycles. The molecule has 1 saturated carbocycles. The third kappa shape index (κ3) is 4.41. The van der Waals surface area contributed by atoms with E-state index >= 15 is 0 Å². The fourth-order valence-electron chi connectivity index (χ4n) is 1.96. The average molecular weight is 263 g/mol. The molecule has 1 rings (SSSR count). The van der Waals surface area contributed by atoms with Crippen LogP contribution >= 0.6 is 0 Å².